The summed E-state index contributed by atoms with van der Waals surface area (Å²) in [4.78, 5) is 40.6. The van der Waals surface area contributed by atoms with Crippen molar-refractivity contribution in [2.24, 2.45) is 0 Å². The van der Waals surface area contributed by atoms with Gasteiger partial charge in [-0.2, -0.15) is 0 Å². The molecule has 1 atom stereocenters. The lowest BCUT2D eigenvalue weighted by Crippen LogP contribution is -2.47. The smallest absolute Gasteiger partial charge is 0.408 e. The van der Waals surface area contributed by atoms with Crippen LogP contribution in [-0.4, -0.2) is 48.6 Å². The van der Waals surface area contributed by atoms with E-state index in [0.717, 1.165) is 16.7 Å². The van der Waals surface area contributed by atoms with Gasteiger partial charge >= 0.3 is 6.09 Å². The van der Waals surface area contributed by atoms with Gasteiger partial charge in [0.2, 0.25) is 5.91 Å². The number of nitrogens with one attached hydrogen (secondary N) is 2. The standard InChI is InChI=1S/C27H37N3O5/c1-8-15-30(23(31)17-28-26(33)35-27(4,5)6)24(22-16-18(2)9-10-19(22)3)25(32)29-20-11-13-21(34-7)14-12-20/h9-14,16,24H,8,15,17H2,1-7H3,(H,28,33)(H,29,32). The number of anilines is 1. The Labute approximate surface area is 208 Å². The van der Waals surface area contributed by atoms with Gasteiger partial charge in [0.25, 0.3) is 5.91 Å². The van der Waals surface area contributed by atoms with E-state index in [1.807, 2.05) is 39.0 Å². The summed E-state index contributed by atoms with van der Waals surface area (Å²) in [7, 11) is 1.57. The Balaban J connectivity index is 2.37. The summed E-state index contributed by atoms with van der Waals surface area (Å²) >= 11 is 0. The third-order valence-corrected chi connectivity index (χ3v) is 5.21. The van der Waals surface area contributed by atoms with Gasteiger partial charge in [0.1, 0.15) is 23.9 Å². The molecule has 2 N–H and O–H groups in total. The summed E-state index contributed by atoms with van der Waals surface area (Å²) in [6.45, 7) is 11.1. The zero-order valence-corrected chi connectivity index (χ0v) is 21.7. The molecule has 190 valence electrons. The predicted molar refractivity (Wildman–Crippen MR) is 137 cm³/mol. The first-order chi connectivity index (χ1) is 16.4. The summed E-state index contributed by atoms with van der Waals surface area (Å²) in [5.74, 6) is -0.0542. The molecule has 0 saturated heterocycles. The van der Waals surface area contributed by atoms with Gasteiger partial charge < -0.3 is 25.0 Å². The van der Waals surface area contributed by atoms with Crippen molar-refractivity contribution in [1.29, 1.82) is 0 Å². The summed E-state index contributed by atoms with van der Waals surface area (Å²) in [5, 5.41) is 5.44. The molecule has 2 rings (SSSR count). The Bertz CT molecular complexity index is 1030. The molecule has 2 aromatic carbocycles. The van der Waals surface area contributed by atoms with Crippen LogP contribution in [-0.2, 0) is 14.3 Å². The van der Waals surface area contributed by atoms with E-state index in [2.05, 4.69) is 10.6 Å². The molecule has 8 heteroatoms. The van der Waals surface area contributed by atoms with Crippen LogP contribution in [0.2, 0.25) is 0 Å². The van der Waals surface area contributed by atoms with E-state index in [-0.39, 0.29) is 18.4 Å². The van der Waals surface area contributed by atoms with E-state index in [4.69, 9.17) is 9.47 Å². The molecule has 0 aliphatic rings. The van der Waals surface area contributed by atoms with E-state index in [9.17, 15) is 14.4 Å². The number of benzene rings is 2. The van der Waals surface area contributed by atoms with Gasteiger partial charge in [-0.1, -0.05) is 30.7 Å². The van der Waals surface area contributed by atoms with Crippen LogP contribution in [0.5, 0.6) is 5.75 Å². The van der Waals surface area contributed by atoms with Crippen LogP contribution in [0, 0.1) is 13.8 Å². The van der Waals surface area contributed by atoms with Crippen LogP contribution in [0.1, 0.15) is 56.8 Å². The molecule has 0 radical (unpaired) electrons. The number of rotatable bonds is 9. The number of nitrogens with zero attached hydrogens (tertiary/aromatic N) is 1. The van der Waals surface area contributed by atoms with Gasteiger partial charge in [0, 0.05) is 12.2 Å². The highest BCUT2D eigenvalue weighted by Gasteiger charge is 2.32. The number of ether oxygens (including phenoxy) is 2. The molecule has 0 aromatic heterocycles. The lowest BCUT2D eigenvalue weighted by Gasteiger charge is -2.32. The van der Waals surface area contributed by atoms with Crippen LogP contribution < -0.4 is 15.4 Å². The maximum Gasteiger partial charge on any atom is 0.408 e. The Morgan fingerprint density at radius 2 is 1.69 bits per heavy atom. The highest BCUT2D eigenvalue weighted by Crippen LogP contribution is 2.28. The van der Waals surface area contributed by atoms with E-state index < -0.39 is 17.7 Å². The minimum Gasteiger partial charge on any atom is -0.497 e. The second-order valence-electron chi connectivity index (χ2n) is 9.42. The van der Waals surface area contributed by atoms with Crippen LogP contribution in [0.15, 0.2) is 42.5 Å². The van der Waals surface area contributed by atoms with E-state index >= 15 is 0 Å². The molecular weight excluding hydrogens is 446 g/mol. The molecule has 35 heavy (non-hydrogen) atoms. The molecule has 0 heterocycles. The highest BCUT2D eigenvalue weighted by atomic mass is 16.6. The van der Waals surface area contributed by atoms with Crippen LogP contribution >= 0.6 is 0 Å². The zero-order chi connectivity index (χ0) is 26.2. The first-order valence-electron chi connectivity index (χ1n) is 11.7. The number of aryl methyl sites for hydroxylation is 2. The molecule has 0 aliphatic carbocycles. The number of hydrogen-bond acceptors (Lipinski definition) is 5. The van der Waals surface area contributed by atoms with Crippen molar-refractivity contribution in [3.63, 3.8) is 0 Å². The molecule has 0 bridgehead atoms. The van der Waals surface area contributed by atoms with Gasteiger partial charge in [0.15, 0.2) is 0 Å². The molecule has 1 unspecified atom stereocenters. The van der Waals surface area contributed by atoms with Crippen molar-refractivity contribution >= 4 is 23.6 Å². The van der Waals surface area contributed by atoms with Crippen molar-refractivity contribution in [2.45, 2.75) is 59.6 Å². The molecule has 0 saturated carbocycles. The third kappa shape index (κ3) is 8.31. The number of methoxy groups -OCH3 is 1. The van der Waals surface area contributed by atoms with Gasteiger partial charge in [-0.3, -0.25) is 9.59 Å². The van der Waals surface area contributed by atoms with Crippen LogP contribution in [0.25, 0.3) is 0 Å². The first-order valence-corrected chi connectivity index (χ1v) is 11.7. The van der Waals surface area contributed by atoms with Gasteiger partial charge in [0.05, 0.1) is 7.11 Å². The Morgan fingerprint density at radius 3 is 2.26 bits per heavy atom. The quantitative estimate of drug-likeness (QED) is 0.536. The van der Waals surface area contributed by atoms with E-state index in [1.54, 1.807) is 52.1 Å². The lowest BCUT2D eigenvalue weighted by atomic mass is 9.96. The number of hydrogen-bond donors (Lipinski definition) is 2. The van der Waals surface area contributed by atoms with E-state index in [0.29, 0.717) is 24.4 Å². The zero-order valence-electron chi connectivity index (χ0n) is 21.7. The second-order valence-corrected chi connectivity index (χ2v) is 9.42. The Morgan fingerprint density at radius 1 is 1.03 bits per heavy atom. The topological polar surface area (TPSA) is 97.0 Å². The SMILES string of the molecule is CCCN(C(=O)CNC(=O)OC(C)(C)C)C(C(=O)Nc1ccc(OC)cc1)c1cc(C)ccc1C. The molecule has 2 aromatic rings. The fourth-order valence-corrected chi connectivity index (χ4v) is 3.59. The molecule has 0 spiro atoms. The summed E-state index contributed by atoms with van der Waals surface area (Å²) in [6.07, 6.45) is -0.0525. The average Bonchev–Trinajstić information content (AvgIpc) is 2.78. The molecular formula is C27H37N3O5. The first kappa shape index (κ1) is 27.7. The third-order valence-electron chi connectivity index (χ3n) is 5.21. The largest absolute Gasteiger partial charge is 0.497 e. The number of amides is 3. The normalized spacial score (nSPS) is 11.9. The number of carbonyl (C=O) groups is 3. The van der Waals surface area contributed by atoms with Crippen molar-refractivity contribution in [2.75, 3.05) is 25.5 Å². The second kappa shape index (κ2) is 12.2. The summed E-state index contributed by atoms with van der Waals surface area (Å²) in [5.41, 5.74) is 2.50. The highest BCUT2D eigenvalue weighted by molar-refractivity contribution is 5.98. The summed E-state index contributed by atoms with van der Waals surface area (Å²) < 4.78 is 10.4. The molecule has 3 amide bonds. The van der Waals surface area contributed by atoms with Crippen molar-refractivity contribution in [3.05, 3.63) is 59.2 Å². The summed E-state index contributed by atoms with van der Waals surface area (Å²) in [6, 6.07) is 11.9. The van der Waals surface area contributed by atoms with Crippen molar-refractivity contribution in [3.8, 4) is 5.75 Å². The van der Waals surface area contributed by atoms with Gasteiger partial charge in [-0.25, -0.2) is 4.79 Å². The number of alkyl carbamates (subject to hydrolysis) is 1. The van der Waals surface area contributed by atoms with Gasteiger partial charge in [-0.05, 0) is 76.4 Å². The van der Waals surface area contributed by atoms with Crippen molar-refractivity contribution in [1.82, 2.24) is 10.2 Å². The maximum absolute atomic E-state index is 13.6. The molecule has 0 aliphatic heterocycles. The van der Waals surface area contributed by atoms with Crippen LogP contribution in [0.3, 0.4) is 0 Å². The predicted octanol–water partition coefficient (Wildman–Crippen LogP) is 4.76. The van der Waals surface area contributed by atoms with Crippen LogP contribution in [0.4, 0.5) is 10.5 Å². The fraction of sp³-hybridized carbons (Fsp3) is 0.444. The monoisotopic (exact) mass is 483 g/mol. The van der Waals surface area contributed by atoms with Gasteiger partial charge in [-0.15, -0.1) is 0 Å². The van der Waals surface area contributed by atoms with E-state index in [1.165, 1.54) is 4.90 Å². The Kier molecular flexibility index (Phi) is 9.68. The van der Waals surface area contributed by atoms with Crippen molar-refractivity contribution < 1.29 is 23.9 Å². The minimum absolute atomic E-state index is 0.286. The Hall–Kier alpha value is -3.55. The maximum atomic E-state index is 13.6. The number of carbonyl (C=O) groups excluding carboxylic acids is 3. The molecule has 0 fully saturated rings. The minimum atomic E-state index is -0.884. The fourth-order valence-electron chi connectivity index (χ4n) is 3.59. The average molecular weight is 484 g/mol. The lowest BCUT2D eigenvalue weighted by molar-refractivity contribution is -0.138. The molecule has 8 nitrogen and oxygen atoms in total.